The molecule has 0 radical (unpaired) electrons. The van der Waals surface area contributed by atoms with E-state index >= 15 is 0 Å². The Bertz CT molecular complexity index is 804. The molecule has 4 amide bonds. The fourth-order valence-corrected chi connectivity index (χ4v) is 3.20. The highest BCUT2D eigenvalue weighted by Gasteiger charge is 2.38. The van der Waals surface area contributed by atoms with E-state index < -0.39 is 12.1 Å². The zero-order valence-electron chi connectivity index (χ0n) is 15.9. The average Bonchev–Trinajstić information content (AvgIpc) is 3.29. The Kier molecular flexibility index (Phi) is 6.47. The summed E-state index contributed by atoms with van der Waals surface area (Å²) < 4.78 is 5.19. The molecule has 7 heteroatoms. The van der Waals surface area contributed by atoms with Crippen molar-refractivity contribution in [3.05, 3.63) is 60.1 Å². The van der Waals surface area contributed by atoms with E-state index in [1.54, 1.807) is 12.1 Å². The number of nitrogens with zero attached hydrogens (tertiary/aromatic N) is 1. The van der Waals surface area contributed by atoms with Crippen LogP contribution in [0, 0.1) is 0 Å². The topological polar surface area (TPSA) is 91.7 Å². The molecule has 0 spiro atoms. The van der Waals surface area contributed by atoms with Crippen molar-refractivity contribution >= 4 is 17.8 Å². The molecule has 0 bridgehead atoms. The zero-order chi connectivity index (χ0) is 19.9. The molecule has 2 heterocycles. The fourth-order valence-electron chi connectivity index (χ4n) is 3.20. The minimum absolute atomic E-state index is 0.0389. The summed E-state index contributed by atoms with van der Waals surface area (Å²) in [5.41, 5.74) is 1.24. The molecule has 1 aromatic heterocycles. The first-order valence-electron chi connectivity index (χ1n) is 9.50. The van der Waals surface area contributed by atoms with Gasteiger partial charge in [0.25, 0.3) is 5.91 Å². The molecule has 28 heavy (non-hydrogen) atoms. The van der Waals surface area contributed by atoms with Crippen molar-refractivity contribution in [3.8, 4) is 0 Å². The molecule has 0 saturated carbocycles. The molecule has 0 aliphatic carbocycles. The predicted octanol–water partition coefficient (Wildman–Crippen LogP) is 2.62. The molecule has 3 rings (SSSR count). The van der Waals surface area contributed by atoms with Crippen LogP contribution in [0.4, 0.5) is 4.79 Å². The normalized spacial score (nSPS) is 17.5. The quantitative estimate of drug-likeness (QED) is 0.651. The summed E-state index contributed by atoms with van der Waals surface area (Å²) in [6, 6.07) is 12.4. The monoisotopic (exact) mass is 383 g/mol. The smallest absolute Gasteiger partial charge is 0.325 e. The van der Waals surface area contributed by atoms with Crippen LogP contribution in [0.1, 0.15) is 37.5 Å². The van der Waals surface area contributed by atoms with Crippen molar-refractivity contribution < 1.29 is 18.8 Å². The van der Waals surface area contributed by atoms with Gasteiger partial charge in [0.2, 0.25) is 5.91 Å². The number of furan rings is 1. The van der Waals surface area contributed by atoms with Gasteiger partial charge in [0, 0.05) is 12.5 Å². The first-order chi connectivity index (χ1) is 13.5. The van der Waals surface area contributed by atoms with E-state index in [0.29, 0.717) is 5.76 Å². The summed E-state index contributed by atoms with van der Waals surface area (Å²) in [5.74, 6) is 0.0903. The lowest BCUT2D eigenvalue weighted by Gasteiger charge is -2.15. The highest BCUT2D eigenvalue weighted by Crippen LogP contribution is 2.15. The Hall–Kier alpha value is -3.09. The molecular formula is C21H25N3O4. The van der Waals surface area contributed by atoms with Gasteiger partial charge in [-0.1, -0.05) is 30.3 Å². The molecule has 1 unspecified atom stereocenters. The highest BCUT2D eigenvalue weighted by molar-refractivity contribution is 6.04. The first kappa shape index (κ1) is 19.7. The van der Waals surface area contributed by atoms with Crippen LogP contribution in [0.2, 0.25) is 0 Å². The van der Waals surface area contributed by atoms with Crippen LogP contribution in [0.25, 0.3) is 0 Å². The van der Waals surface area contributed by atoms with Crippen molar-refractivity contribution in [2.24, 2.45) is 0 Å². The van der Waals surface area contributed by atoms with E-state index in [2.05, 4.69) is 22.8 Å². The molecule has 2 atom stereocenters. The Balaban J connectivity index is 1.40. The summed E-state index contributed by atoms with van der Waals surface area (Å²) in [5, 5.41) is 5.59. The number of amides is 4. The van der Waals surface area contributed by atoms with Crippen molar-refractivity contribution in [3.63, 3.8) is 0 Å². The number of urea groups is 1. The lowest BCUT2D eigenvalue weighted by Crippen LogP contribution is -2.35. The number of benzene rings is 1. The second-order valence-corrected chi connectivity index (χ2v) is 7.04. The lowest BCUT2D eigenvalue weighted by atomic mass is 10.1. The minimum atomic E-state index is -0.673. The Labute approximate surface area is 164 Å². The standard InChI is InChI=1S/C21H25N3O4/c1-15(9-10-16-6-3-2-4-7-16)22-19(25)12-11-18-20(26)24(21(27)23-18)14-17-8-5-13-28-17/h2-8,13,15,18H,9-12,14H2,1H3,(H,22,25)(H,23,27)/t15?,18-/m0/s1. The maximum Gasteiger partial charge on any atom is 0.325 e. The van der Waals surface area contributed by atoms with Crippen LogP contribution in [0.15, 0.2) is 53.1 Å². The van der Waals surface area contributed by atoms with Gasteiger partial charge >= 0.3 is 6.03 Å². The van der Waals surface area contributed by atoms with Crippen LogP contribution in [-0.4, -0.2) is 34.8 Å². The van der Waals surface area contributed by atoms with Crippen LogP contribution in [0.3, 0.4) is 0 Å². The summed E-state index contributed by atoms with van der Waals surface area (Å²) in [6.45, 7) is 2.06. The summed E-state index contributed by atoms with van der Waals surface area (Å²) >= 11 is 0. The molecular weight excluding hydrogens is 358 g/mol. The number of carbonyl (C=O) groups is 3. The largest absolute Gasteiger partial charge is 0.467 e. The molecule has 7 nitrogen and oxygen atoms in total. The van der Waals surface area contributed by atoms with Gasteiger partial charge in [-0.3, -0.25) is 14.5 Å². The van der Waals surface area contributed by atoms with Crippen LogP contribution >= 0.6 is 0 Å². The molecule has 148 valence electrons. The molecule has 1 aliphatic heterocycles. The predicted molar refractivity (Wildman–Crippen MR) is 103 cm³/mol. The summed E-state index contributed by atoms with van der Waals surface area (Å²) in [6.07, 6.45) is 3.68. The van der Waals surface area contributed by atoms with Gasteiger partial charge in [-0.05, 0) is 43.9 Å². The second kappa shape index (κ2) is 9.21. The maximum atomic E-state index is 12.4. The average molecular weight is 383 g/mol. The molecule has 1 aliphatic rings. The molecule has 1 fully saturated rings. The summed E-state index contributed by atoms with van der Waals surface area (Å²) in [4.78, 5) is 37.7. The molecule has 2 aromatic rings. The van der Waals surface area contributed by atoms with E-state index in [0.717, 1.165) is 17.7 Å². The Morgan fingerprint density at radius 3 is 2.71 bits per heavy atom. The van der Waals surface area contributed by atoms with E-state index in [4.69, 9.17) is 4.42 Å². The number of hydrogen-bond acceptors (Lipinski definition) is 4. The Morgan fingerprint density at radius 1 is 1.21 bits per heavy atom. The third-order valence-corrected chi connectivity index (χ3v) is 4.78. The second-order valence-electron chi connectivity index (χ2n) is 7.04. The van der Waals surface area contributed by atoms with E-state index in [-0.39, 0.29) is 37.2 Å². The number of carbonyl (C=O) groups excluding carboxylic acids is 3. The number of aryl methyl sites for hydroxylation is 1. The van der Waals surface area contributed by atoms with Gasteiger partial charge in [-0.25, -0.2) is 4.79 Å². The third-order valence-electron chi connectivity index (χ3n) is 4.78. The van der Waals surface area contributed by atoms with Crippen molar-refractivity contribution in [2.45, 2.75) is 51.2 Å². The fraction of sp³-hybridized carbons (Fsp3) is 0.381. The van der Waals surface area contributed by atoms with Crippen molar-refractivity contribution in [2.75, 3.05) is 0 Å². The highest BCUT2D eigenvalue weighted by atomic mass is 16.3. The number of imide groups is 1. The number of hydrogen-bond donors (Lipinski definition) is 2. The van der Waals surface area contributed by atoms with E-state index in [1.807, 2.05) is 25.1 Å². The number of nitrogens with one attached hydrogen (secondary N) is 2. The lowest BCUT2D eigenvalue weighted by molar-refractivity contribution is -0.128. The molecule has 1 aromatic carbocycles. The SMILES string of the molecule is CC(CCc1ccccc1)NC(=O)CC[C@@H]1NC(=O)N(Cc2ccco2)C1=O. The van der Waals surface area contributed by atoms with Gasteiger partial charge in [0.15, 0.2) is 0 Å². The summed E-state index contributed by atoms with van der Waals surface area (Å²) in [7, 11) is 0. The Morgan fingerprint density at radius 2 is 2.00 bits per heavy atom. The third kappa shape index (κ3) is 5.22. The van der Waals surface area contributed by atoms with Crippen molar-refractivity contribution in [1.82, 2.24) is 15.5 Å². The van der Waals surface area contributed by atoms with E-state index in [1.165, 1.54) is 11.8 Å². The van der Waals surface area contributed by atoms with Gasteiger partial charge in [-0.2, -0.15) is 0 Å². The van der Waals surface area contributed by atoms with Crippen LogP contribution < -0.4 is 10.6 Å². The van der Waals surface area contributed by atoms with Gasteiger partial charge < -0.3 is 15.1 Å². The molecule has 2 N–H and O–H groups in total. The number of rotatable bonds is 9. The van der Waals surface area contributed by atoms with Gasteiger partial charge in [-0.15, -0.1) is 0 Å². The van der Waals surface area contributed by atoms with Gasteiger partial charge in [0.05, 0.1) is 12.8 Å². The van der Waals surface area contributed by atoms with E-state index in [9.17, 15) is 14.4 Å². The van der Waals surface area contributed by atoms with Crippen LogP contribution in [0.5, 0.6) is 0 Å². The van der Waals surface area contributed by atoms with Crippen LogP contribution in [-0.2, 0) is 22.6 Å². The first-order valence-corrected chi connectivity index (χ1v) is 9.50. The zero-order valence-corrected chi connectivity index (χ0v) is 15.9. The minimum Gasteiger partial charge on any atom is -0.467 e. The molecule has 1 saturated heterocycles. The van der Waals surface area contributed by atoms with Gasteiger partial charge in [0.1, 0.15) is 11.8 Å². The van der Waals surface area contributed by atoms with Crippen molar-refractivity contribution in [1.29, 1.82) is 0 Å². The maximum absolute atomic E-state index is 12.4.